The molecule has 0 aromatic carbocycles. The number of nitrogens with zero attached hydrogens (tertiary/aromatic N) is 7. The van der Waals surface area contributed by atoms with Crippen LogP contribution in [0.25, 0.3) is 11.5 Å². The highest BCUT2D eigenvalue weighted by Gasteiger charge is 2.14. The van der Waals surface area contributed by atoms with Gasteiger partial charge in [-0.3, -0.25) is 9.89 Å². The van der Waals surface area contributed by atoms with Crippen LogP contribution in [0.15, 0.2) is 47.9 Å². The molecular formula is C14H14N8O. The summed E-state index contributed by atoms with van der Waals surface area (Å²) in [6, 6.07) is 1.79. The third kappa shape index (κ3) is 2.41. The first-order chi connectivity index (χ1) is 11.3. The number of hydrogen-bond acceptors (Lipinski definition) is 6. The molecule has 3 aromatic heterocycles. The van der Waals surface area contributed by atoms with E-state index in [0.717, 1.165) is 25.3 Å². The Kier molecular flexibility index (Phi) is 3.22. The van der Waals surface area contributed by atoms with Crippen molar-refractivity contribution in [3.8, 4) is 11.5 Å². The Morgan fingerprint density at radius 3 is 2.87 bits per heavy atom. The van der Waals surface area contributed by atoms with Gasteiger partial charge in [0, 0.05) is 19.2 Å². The molecule has 0 saturated carbocycles. The van der Waals surface area contributed by atoms with Crippen LogP contribution in [0.4, 0.5) is 5.82 Å². The number of aromatic nitrogens is 7. The fourth-order valence-electron chi connectivity index (χ4n) is 2.51. The van der Waals surface area contributed by atoms with Gasteiger partial charge in [0.2, 0.25) is 0 Å². The van der Waals surface area contributed by atoms with Gasteiger partial charge in [-0.25, -0.2) is 14.6 Å². The number of aromatic amines is 1. The second-order valence-corrected chi connectivity index (χ2v) is 5.09. The minimum Gasteiger partial charge on any atom is -0.352 e. The predicted octanol–water partition coefficient (Wildman–Crippen LogP) is 0.303. The molecule has 116 valence electrons. The quantitative estimate of drug-likeness (QED) is 0.699. The lowest BCUT2D eigenvalue weighted by Crippen LogP contribution is -2.28. The van der Waals surface area contributed by atoms with Crippen molar-refractivity contribution >= 4 is 5.82 Å². The van der Waals surface area contributed by atoms with Crippen LogP contribution in [0.5, 0.6) is 0 Å². The van der Waals surface area contributed by atoms with Gasteiger partial charge in [0.15, 0.2) is 11.5 Å². The van der Waals surface area contributed by atoms with Gasteiger partial charge >= 0.3 is 0 Å². The molecular weight excluding hydrogens is 296 g/mol. The lowest BCUT2D eigenvalue weighted by atomic mass is 10.2. The summed E-state index contributed by atoms with van der Waals surface area (Å²) >= 11 is 0. The van der Waals surface area contributed by atoms with Gasteiger partial charge in [-0.1, -0.05) is 17.4 Å². The third-order valence-electron chi connectivity index (χ3n) is 3.67. The molecule has 1 aliphatic heterocycles. The largest absolute Gasteiger partial charge is 0.352 e. The fourth-order valence-corrected chi connectivity index (χ4v) is 2.51. The maximum Gasteiger partial charge on any atom is 0.298 e. The maximum absolute atomic E-state index is 12.5. The van der Waals surface area contributed by atoms with E-state index in [1.165, 1.54) is 21.9 Å². The monoisotopic (exact) mass is 310 g/mol. The normalized spacial score (nSPS) is 14.3. The van der Waals surface area contributed by atoms with E-state index in [-0.39, 0.29) is 5.56 Å². The Morgan fingerprint density at radius 2 is 2.09 bits per heavy atom. The second kappa shape index (κ2) is 5.52. The van der Waals surface area contributed by atoms with Crippen molar-refractivity contribution in [3.05, 3.63) is 53.5 Å². The zero-order chi connectivity index (χ0) is 15.6. The van der Waals surface area contributed by atoms with Crippen molar-refractivity contribution in [2.75, 3.05) is 18.0 Å². The molecule has 0 aliphatic carbocycles. The Balaban J connectivity index is 1.71. The average Bonchev–Trinajstić information content (AvgIpc) is 3.25. The highest BCUT2D eigenvalue weighted by atomic mass is 16.1. The summed E-state index contributed by atoms with van der Waals surface area (Å²) < 4.78 is 2.77. The van der Waals surface area contributed by atoms with Crippen molar-refractivity contribution in [1.82, 2.24) is 34.7 Å². The van der Waals surface area contributed by atoms with Crippen molar-refractivity contribution < 1.29 is 0 Å². The SMILES string of the molecule is O=c1c(-n2ccnn2)c[nH]n1-c1cc(N2CC=CCC2)ncn1. The standard InChI is InChI=1S/C14H14N8O/c23-14-11(21-7-4-17-19-21)9-18-22(14)13-8-12(15-10-16-13)20-5-2-1-3-6-20/h1-2,4,7-10,18H,3,5-6H2. The summed E-state index contributed by atoms with van der Waals surface area (Å²) in [6.45, 7) is 1.71. The van der Waals surface area contributed by atoms with Crippen LogP contribution >= 0.6 is 0 Å². The van der Waals surface area contributed by atoms with E-state index in [2.05, 4.69) is 42.4 Å². The molecule has 0 spiro atoms. The topological polar surface area (TPSA) is 97.5 Å². The Morgan fingerprint density at radius 1 is 1.17 bits per heavy atom. The predicted molar refractivity (Wildman–Crippen MR) is 82.9 cm³/mol. The molecule has 23 heavy (non-hydrogen) atoms. The van der Waals surface area contributed by atoms with Gasteiger partial charge < -0.3 is 4.90 Å². The van der Waals surface area contributed by atoms with E-state index < -0.39 is 0 Å². The highest BCUT2D eigenvalue weighted by molar-refractivity contribution is 5.45. The van der Waals surface area contributed by atoms with Gasteiger partial charge in [0.05, 0.1) is 18.6 Å². The highest BCUT2D eigenvalue weighted by Crippen LogP contribution is 2.15. The fraction of sp³-hybridized carbons (Fsp3) is 0.214. The molecule has 0 saturated heterocycles. The Hall–Kier alpha value is -3.23. The first kappa shape index (κ1) is 13.4. The van der Waals surface area contributed by atoms with Crippen molar-refractivity contribution in [1.29, 1.82) is 0 Å². The van der Waals surface area contributed by atoms with Crippen LogP contribution < -0.4 is 10.5 Å². The molecule has 0 unspecified atom stereocenters. The molecule has 0 amide bonds. The van der Waals surface area contributed by atoms with E-state index >= 15 is 0 Å². The Labute approximate surface area is 130 Å². The van der Waals surface area contributed by atoms with Crippen LogP contribution in [0.3, 0.4) is 0 Å². The summed E-state index contributed by atoms with van der Waals surface area (Å²) in [7, 11) is 0. The Bertz CT molecular complexity index is 892. The molecule has 0 radical (unpaired) electrons. The van der Waals surface area contributed by atoms with E-state index in [0.29, 0.717) is 11.5 Å². The molecule has 0 atom stereocenters. The molecule has 1 aliphatic rings. The molecule has 4 rings (SSSR count). The summed E-state index contributed by atoms with van der Waals surface area (Å²) in [5.41, 5.74) is 0.127. The smallest absolute Gasteiger partial charge is 0.298 e. The van der Waals surface area contributed by atoms with E-state index in [1.807, 2.05) is 0 Å². The van der Waals surface area contributed by atoms with Crippen LogP contribution in [-0.2, 0) is 0 Å². The third-order valence-corrected chi connectivity index (χ3v) is 3.67. The minimum absolute atomic E-state index is 0.251. The summed E-state index contributed by atoms with van der Waals surface area (Å²) in [5.74, 6) is 1.28. The molecule has 0 bridgehead atoms. The molecule has 0 fully saturated rings. The first-order valence-corrected chi connectivity index (χ1v) is 7.22. The van der Waals surface area contributed by atoms with Crippen molar-refractivity contribution in [3.63, 3.8) is 0 Å². The summed E-state index contributed by atoms with van der Waals surface area (Å²) in [6.07, 6.45) is 11.4. The van der Waals surface area contributed by atoms with Crippen molar-refractivity contribution in [2.24, 2.45) is 0 Å². The van der Waals surface area contributed by atoms with Gasteiger partial charge in [-0.15, -0.1) is 5.10 Å². The van der Waals surface area contributed by atoms with Crippen LogP contribution in [0, 0.1) is 0 Å². The summed E-state index contributed by atoms with van der Waals surface area (Å²) in [5, 5.41) is 10.4. The molecule has 3 aromatic rings. The van der Waals surface area contributed by atoms with Gasteiger partial charge in [-0.2, -0.15) is 4.68 Å². The number of nitrogens with one attached hydrogen (secondary N) is 1. The lowest BCUT2D eigenvalue weighted by Gasteiger charge is -2.24. The second-order valence-electron chi connectivity index (χ2n) is 5.09. The zero-order valence-corrected chi connectivity index (χ0v) is 12.2. The zero-order valence-electron chi connectivity index (χ0n) is 12.2. The number of rotatable bonds is 3. The lowest BCUT2D eigenvalue weighted by molar-refractivity contribution is 0.774. The average molecular weight is 310 g/mol. The summed E-state index contributed by atoms with van der Waals surface area (Å²) in [4.78, 5) is 23.1. The van der Waals surface area contributed by atoms with Gasteiger partial charge in [-0.05, 0) is 6.42 Å². The molecule has 4 heterocycles. The van der Waals surface area contributed by atoms with E-state index in [1.54, 1.807) is 18.5 Å². The molecule has 9 nitrogen and oxygen atoms in total. The van der Waals surface area contributed by atoms with E-state index in [4.69, 9.17) is 0 Å². The van der Waals surface area contributed by atoms with Crippen LogP contribution in [-0.4, -0.2) is 47.8 Å². The van der Waals surface area contributed by atoms with Crippen LogP contribution in [0.1, 0.15) is 6.42 Å². The van der Waals surface area contributed by atoms with Gasteiger partial charge in [0.25, 0.3) is 5.56 Å². The molecule has 1 N–H and O–H groups in total. The maximum atomic E-state index is 12.5. The van der Waals surface area contributed by atoms with Crippen LogP contribution in [0.2, 0.25) is 0 Å². The first-order valence-electron chi connectivity index (χ1n) is 7.22. The van der Waals surface area contributed by atoms with Crippen molar-refractivity contribution in [2.45, 2.75) is 6.42 Å². The van der Waals surface area contributed by atoms with Gasteiger partial charge in [0.1, 0.15) is 12.1 Å². The molecule has 9 heteroatoms. The van der Waals surface area contributed by atoms with E-state index in [9.17, 15) is 4.79 Å². The number of hydrogen-bond donors (Lipinski definition) is 1. The number of H-pyrrole nitrogens is 1. The number of anilines is 1. The minimum atomic E-state index is -0.251.